The number of rotatable bonds is 7. The van der Waals surface area contributed by atoms with Crippen LogP contribution in [0.3, 0.4) is 0 Å². The Labute approximate surface area is 119 Å². The zero-order valence-corrected chi connectivity index (χ0v) is 13.4. The van der Waals surface area contributed by atoms with Crippen molar-refractivity contribution in [3.05, 3.63) is 28.2 Å². The number of nitrogens with one attached hydrogen (secondary N) is 1. The Bertz CT molecular complexity index is 366. The van der Waals surface area contributed by atoms with Crippen LogP contribution in [-0.4, -0.2) is 19.7 Å². The van der Waals surface area contributed by atoms with Gasteiger partial charge in [-0.05, 0) is 49.1 Å². The van der Waals surface area contributed by atoms with E-state index in [0.717, 1.165) is 29.6 Å². The molecule has 0 amide bonds. The second-order valence-corrected chi connectivity index (χ2v) is 5.82. The van der Waals surface area contributed by atoms with Gasteiger partial charge < -0.3 is 10.1 Å². The van der Waals surface area contributed by atoms with E-state index in [1.807, 2.05) is 12.1 Å². The van der Waals surface area contributed by atoms with Crippen molar-refractivity contribution in [2.24, 2.45) is 5.92 Å². The molecule has 0 heterocycles. The largest absolute Gasteiger partial charge is 0.496 e. The zero-order valence-electron chi connectivity index (χ0n) is 11.8. The van der Waals surface area contributed by atoms with Gasteiger partial charge in [0.05, 0.1) is 7.11 Å². The van der Waals surface area contributed by atoms with Gasteiger partial charge >= 0.3 is 0 Å². The van der Waals surface area contributed by atoms with Crippen molar-refractivity contribution in [2.75, 3.05) is 13.7 Å². The van der Waals surface area contributed by atoms with Crippen molar-refractivity contribution in [2.45, 2.75) is 39.7 Å². The highest BCUT2D eigenvalue weighted by molar-refractivity contribution is 9.10. The first-order valence-electron chi connectivity index (χ1n) is 6.64. The third-order valence-corrected chi connectivity index (χ3v) is 3.73. The van der Waals surface area contributed by atoms with E-state index in [4.69, 9.17) is 4.74 Å². The van der Waals surface area contributed by atoms with Crippen molar-refractivity contribution in [3.8, 4) is 5.75 Å². The second kappa shape index (κ2) is 7.80. The van der Waals surface area contributed by atoms with Gasteiger partial charge in [0, 0.05) is 10.5 Å². The number of hydrogen-bond donors (Lipinski definition) is 1. The average molecular weight is 314 g/mol. The molecular weight excluding hydrogens is 290 g/mol. The SMILES string of the molecule is CCNC(CCc1cc(Br)ccc1OC)C(C)C. The molecular formula is C15H24BrNO. The van der Waals surface area contributed by atoms with Crippen LogP contribution in [0.4, 0.5) is 0 Å². The maximum absolute atomic E-state index is 5.41. The lowest BCUT2D eigenvalue weighted by atomic mass is 9.96. The fraction of sp³-hybridized carbons (Fsp3) is 0.600. The van der Waals surface area contributed by atoms with E-state index in [9.17, 15) is 0 Å². The predicted molar refractivity (Wildman–Crippen MR) is 81.3 cm³/mol. The standard InChI is InChI=1S/C15H24BrNO/c1-5-17-14(11(2)3)8-6-12-10-13(16)7-9-15(12)18-4/h7,9-11,14,17H,5-6,8H2,1-4H3. The highest BCUT2D eigenvalue weighted by Gasteiger charge is 2.13. The Balaban J connectivity index is 2.68. The summed E-state index contributed by atoms with van der Waals surface area (Å²) in [5.41, 5.74) is 1.27. The highest BCUT2D eigenvalue weighted by atomic mass is 79.9. The molecule has 1 rings (SSSR count). The van der Waals surface area contributed by atoms with Gasteiger partial charge in [-0.3, -0.25) is 0 Å². The molecule has 1 atom stereocenters. The lowest BCUT2D eigenvalue weighted by Gasteiger charge is -2.22. The van der Waals surface area contributed by atoms with E-state index in [-0.39, 0.29) is 0 Å². The number of hydrogen-bond acceptors (Lipinski definition) is 2. The van der Waals surface area contributed by atoms with E-state index in [2.05, 4.69) is 48.1 Å². The minimum atomic E-state index is 0.568. The molecule has 0 saturated carbocycles. The molecule has 3 heteroatoms. The lowest BCUT2D eigenvalue weighted by molar-refractivity contribution is 0.377. The minimum Gasteiger partial charge on any atom is -0.496 e. The predicted octanol–water partition coefficient (Wildman–Crippen LogP) is 4.02. The molecule has 0 saturated heterocycles. The summed E-state index contributed by atoms with van der Waals surface area (Å²) in [5, 5.41) is 3.55. The molecule has 0 fully saturated rings. The number of benzene rings is 1. The summed E-state index contributed by atoms with van der Waals surface area (Å²) in [5.74, 6) is 1.64. The van der Waals surface area contributed by atoms with Gasteiger partial charge in [-0.1, -0.05) is 36.7 Å². The van der Waals surface area contributed by atoms with Crippen molar-refractivity contribution < 1.29 is 4.74 Å². The molecule has 1 unspecified atom stereocenters. The van der Waals surface area contributed by atoms with Crippen LogP contribution in [0.5, 0.6) is 5.75 Å². The zero-order chi connectivity index (χ0) is 13.5. The Morgan fingerprint density at radius 3 is 2.61 bits per heavy atom. The molecule has 0 radical (unpaired) electrons. The molecule has 1 N–H and O–H groups in total. The van der Waals surface area contributed by atoms with Gasteiger partial charge in [0.1, 0.15) is 5.75 Å². The number of halogens is 1. The molecule has 1 aromatic carbocycles. The first-order chi connectivity index (χ1) is 8.58. The molecule has 0 bridgehead atoms. The van der Waals surface area contributed by atoms with Crippen molar-refractivity contribution in [1.82, 2.24) is 5.32 Å². The normalized spacial score (nSPS) is 12.8. The van der Waals surface area contributed by atoms with Gasteiger partial charge in [0.2, 0.25) is 0 Å². The summed E-state index contributed by atoms with van der Waals surface area (Å²) >= 11 is 3.52. The molecule has 0 aliphatic rings. The Morgan fingerprint density at radius 2 is 2.06 bits per heavy atom. The lowest BCUT2D eigenvalue weighted by Crippen LogP contribution is -2.34. The van der Waals surface area contributed by atoms with Gasteiger partial charge in [-0.15, -0.1) is 0 Å². The number of aryl methyl sites for hydroxylation is 1. The molecule has 18 heavy (non-hydrogen) atoms. The third-order valence-electron chi connectivity index (χ3n) is 3.24. The topological polar surface area (TPSA) is 21.3 Å². The maximum atomic E-state index is 5.41. The van der Waals surface area contributed by atoms with Crippen LogP contribution in [-0.2, 0) is 6.42 Å². The van der Waals surface area contributed by atoms with Crippen molar-refractivity contribution >= 4 is 15.9 Å². The van der Waals surface area contributed by atoms with E-state index in [1.165, 1.54) is 5.56 Å². The Hall–Kier alpha value is -0.540. The van der Waals surface area contributed by atoms with Crippen LogP contribution >= 0.6 is 15.9 Å². The van der Waals surface area contributed by atoms with Gasteiger partial charge in [-0.25, -0.2) is 0 Å². The fourth-order valence-electron chi connectivity index (χ4n) is 2.19. The molecule has 0 aliphatic heterocycles. The number of methoxy groups -OCH3 is 1. The summed E-state index contributed by atoms with van der Waals surface area (Å²) in [4.78, 5) is 0. The van der Waals surface area contributed by atoms with Crippen LogP contribution in [0.25, 0.3) is 0 Å². The van der Waals surface area contributed by atoms with Crippen LogP contribution in [0.1, 0.15) is 32.8 Å². The minimum absolute atomic E-state index is 0.568. The second-order valence-electron chi connectivity index (χ2n) is 4.90. The summed E-state index contributed by atoms with van der Waals surface area (Å²) in [6.45, 7) is 7.73. The quantitative estimate of drug-likeness (QED) is 0.820. The Morgan fingerprint density at radius 1 is 1.33 bits per heavy atom. The summed E-state index contributed by atoms with van der Waals surface area (Å²) < 4.78 is 6.53. The highest BCUT2D eigenvalue weighted by Crippen LogP contribution is 2.25. The van der Waals surface area contributed by atoms with E-state index in [0.29, 0.717) is 12.0 Å². The van der Waals surface area contributed by atoms with Crippen molar-refractivity contribution in [1.29, 1.82) is 0 Å². The van der Waals surface area contributed by atoms with Gasteiger partial charge in [-0.2, -0.15) is 0 Å². The van der Waals surface area contributed by atoms with Crippen LogP contribution < -0.4 is 10.1 Å². The Kier molecular flexibility index (Phi) is 6.72. The van der Waals surface area contributed by atoms with Gasteiger partial charge in [0.15, 0.2) is 0 Å². The average Bonchev–Trinajstić information content (AvgIpc) is 2.34. The number of ether oxygens (including phenoxy) is 1. The van der Waals surface area contributed by atoms with Crippen LogP contribution in [0.15, 0.2) is 22.7 Å². The molecule has 102 valence electrons. The van der Waals surface area contributed by atoms with E-state index >= 15 is 0 Å². The first-order valence-corrected chi connectivity index (χ1v) is 7.43. The maximum Gasteiger partial charge on any atom is 0.122 e. The molecule has 0 spiro atoms. The van der Waals surface area contributed by atoms with Crippen LogP contribution in [0, 0.1) is 5.92 Å². The first kappa shape index (κ1) is 15.5. The monoisotopic (exact) mass is 313 g/mol. The summed E-state index contributed by atoms with van der Waals surface area (Å²) in [6, 6.07) is 6.77. The third kappa shape index (κ3) is 4.62. The molecule has 0 aromatic heterocycles. The molecule has 0 aliphatic carbocycles. The molecule has 1 aromatic rings. The van der Waals surface area contributed by atoms with E-state index < -0.39 is 0 Å². The summed E-state index contributed by atoms with van der Waals surface area (Å²) in [6.07, 6.45) is 2.18. The molecule has 2 nitrogen and oxygen atoms in total. The fourth-order valence-corrected chi connectivity index (χ4v) is 2.60. The summed E-state index contributed by atoms with van der Waals surface area (Å²) in [7, 11) is 1.73. The van der Waals surface area contributed by atoms with E-state index in [1.54, 1.807) is 7.11 Å². The smallest absolute Gasteiger partial charge is 0.122 e. The van der Waals surface area contributed by atoms with Crippen LogP contribution in [0.2, 0.25) is 0 Å². The van der Waals surface area contributed by atoms with Gasteiger partial charge in [0.25, 0.3) is 0 Å². The van der Waals surface area contributed by atoms with Crippen molar-refractivity contribution in [3.63, 3.8) is 0 Å².